The van der Waals surface area contributed by atoms with E-state index in [4.69, 9.17) is 9.47 Å². The van der Waals surface area contributed by atoms with E-state index in [1.807, 2.05) is 35.3 Å². The van der Waals surface area contributed by atoms with Gasteiger partial charge in [0.15, 0.2) is 6.10 Å². The molecule has 0 radical (unpaired) electrons. The summed E-state index contributed by atoms with van der Waals surface area (Å²) < 4.78 is 26.4. The third-order valence-corrected chi connectivity index (χ3v) is 6.27. The zero-order valence-electron chi connectivity index (χ0n) is 18.4. The van der Waals surface area contributed by atoms with Crippen LogP contribution in [0.1, 0.15) is 38.3 Å². The van der Waals surface area contributed by atoms with Crippen molar-refractivity contribution in [3.05, 3.63) is 99.8 Å². The van der Waals surface area contributed by atoms with Crippen LogP contribution in [0.3, 0.4) is 0 Å². The number of imidazole rings is 1. The number of aromatic nitrogens is 3. The standard InChI is InChI=1S/C25H24FN3O3S/c1-29-16-27-15-20(29)13-23(24-28-11-12-33-24)32-21-10-7-18(22(14-21)25(30)31-2)6-3-17-4-8-19(26)9-5-17/h4-5,7-12,14-16,23H,3,6,13H2,1-2H3. The second-order valence-corrected chi connectivity index (χ2v) is 8.54. The van der Waals surface area contributed by atoms with Crippen molar-refractivity contribution in [1.82, 2.24) is 14.5 Å². The number of nitrogens with zero attached hydrogens (tertiary/aromatic N) is 3. The van der Waals surface area contributed by atoms with E-state index in [0.717, 1.165) is 21.8 Å². The monoisotopic (exact) mass is 465 g/mol. The van der Waals surface area contributed by atoms with Gasteiger partial charge in [0.05, 0.1) is 19.0 Å². The number of esters is 1. The van der Waals surface area contributed by atoms with Crippen molar-refractivity contribution < 1.29 is 18.7 Å². The number of hydrogen-bond donors (Lipinski definition) is 0. The number of hydrogen-bond acceptors (Lipinski definition) is 6. The molecule has 0 aliphatic heterocycles. The van der Waals surface area contributed by atoms with Crippen LogP contribution in [0.15, 0.2) is 66.6 Å². The first kappa shape index (κ1) is 22.7. The molecule has 4 aromatic rings. The molecule has 0 amide bonds. The van der Waals surface area contributed by atoms with Gasteiger partial charge in [-0.3, -0.25) is 0 Å². The van der Waals surface area contributed by atoms with Gasteiger partial charge in [0.1, 0.15) is 16.6 Å². The molecule has 0 aliphatic rings. The Balaban J connectivity index is 1.56. The van der Waals surface area contributed by atoms with Crippen LogP contribution in [0, 0.1) is 5.82 Å². The maximum Gasteiger partial charge on any atom is 0.338 e. The first-order valence-corrected chi connectivity index (χ1v) is 11.4. The Hall–Kier alpha value is -3.52. The highest BCUT2D eigenvalue weighted by Gasteiger charge is 2.21. The van der Waals surface area contributed by atoms with Crippen molar-refractivity contribution in [3.8, 4) is 5.75 Å². The van der Waals surface area contributed by atoms with Gasteiger partial charge in [-0.15, -0.1) is 11.3 Å². The van der Waals surface area contributed by atoms with Crippen LogP contribution in [0.25, 0.3) is 0 Å². The van der Waals surface area contributed by atoms with Crippen LogP contribution in [-0.2, 0) is 31.0 Å². The van der Waals surface area contributed by atoms with Gasteiger partial charge in [-0.05, 0) is 48.2 Å². The van der Waals surface area contributed by atoms with E-state index in [9.17, 15) is 9.18 Å². The molecule has 0 aliphatic carbocycles. The Kier molecular flexibility index (Phi) is 7.14. The number of aryl methyl sites for hydroxylation is 3. The predicted octanol–water partition coefficient (Wildman–Crippen LogP) is 4.95. The summed E-state index contributed by atoms with van der Waals surface area (Å²) in [7, 11) is 3.30. The Morgan fingerprint density at radius 2 is 2.00 bits per heavy atom. The number of thiazole rings is 1. The average molecular weight is 466 g/mol. The lowest BCUT2D eigenvalue weighted by molar-refractivity contribution is 0.0598. The molecule has 2 aromatic carbocycles. The molecule has 0 N–H and O–H groups in total. The minimum atomic E-state index is -0.424. The summed E-state index contributed by atoms with van der Waals surface area (Å²) in [5.74, 6) is -0.133. The van der Waals surface area contributed by atoms with Gasteiger partial charge in [-0.1, -0.05) is 18.2 Å². The molecule has 1 unspecified atom stereocenters. The van der Waals surface area contributed by atoms with Crippen LogP contribution in [-0.4, -0.2) is 27.6 Å². The number of methoxy groups -OCH3 is 1. The molecule has 0 bridgehead atoms. The molecule has 0 spiro atoms. The molecule has 2 heterocycles. The fourth-order valence-electron chi connectivity index (χ4n) is 3.59. The predicted molar refractivity (Wildman–Crippen MR) is 124 cm³/mol. The molecular formula is C25H24FN3O3S. The van der Waals surface area contributed by atoms with E-state index in [1.165, 1.54) is 30.6 Å². The largest absolute Gasteiger partial charge is 0.483 e. The molecular weight excluding hydrogens is 441 g/mol. The third-order valence-electron chi connectivity index (χ3n) is 5.40. The number of ether oxygens (including phenoxy) is 2. The summed E-state index contributed by atoms with van der Waals surface area (Å²) in [4.78, 5) is 21.1. The van der Waals surface area contributed by atoms with Crippen LogP contribution >= 0.6 is 11.3 Å². The molecule has 0 saturated heterocycles. The molecule has 2 aromatic heterocycles. The summed E-state index contributed by atoms with van der Waals surface area (Å²) in [6, 6.07) is 11.8. The number of rotatable bonds is 9. The number of carbonyl (C=O) groups excluding carboxylic acids is 1. The lowest BCUT2D eigenvalue weighted by Gasteiger charge is -2.19. The van der Waals surface area contributed by atoms with Gasteiger partial charge in [-0.2, -0.15) is 0 Å². The smallest absolute Gasteiger partial charge is 0.338 e. The normalized spacial score (nSPS) is 11.8. The molecule has 0 saturated carbocycles. The topological polar surface area (TPSA) is 66.2 Å². The van der Waals surface area contributed by atoms with Gasteiger partial charge < -0.3 is 14.0 Å². The highest BCUT2D eigenvalue weighted by molar-refractivity contribution is 7.09. The summed E-state index contributed by atoms with van der Waals surface area (Å²) >= 11 is 1.52. The van der Waals surface area contributed by atoms with E-state index in [2.05, 4.69) is 9.97 Å². The molecule has 33 heavy (non-hydrogen) atoms. The van der Waals surface area contributed by atoms with Crippen LogP contribution in [0.2, 0.25) is 0 Å². The van der Waals surface area contributed by atoms with Crippen LogP contribution in [0.4, 0.5) is 4.39 Å². The molecule has 1 atom stereocenters. The Morgan fingerprint density at radius 3 is 2.67 bits per heavy atom. The van der Waals surface area contributed by atoms with E-state index in [-0.39, 0.29) is 11.9 Å². The fourth-order valence-corrected chi connectivity index (χ4v) is 4.25. The quantitative estimate of drug-likeness (QED) is 0.327. The summed E-state index contributed by atoms with van der Waals surface area (Å²) in [5, 5.41) is 2.75. The number of benzene rings is 2. The molecule has 0 fully saturated rings. The van der Waals surface area contributed by atoms with E-state index in [1.54, 1.807) is 30.7 Å². The maximum absolute atomic E-state index is 13.2. The SMILES string of the molecule is COC(=O)c1cc(OC(Cc2cncn2C)c2nccs2)ccc1CCc1ccc(F)cc1. The number of halogens is 1. The minimum Gasteiger partial charge on any atom is -0.483 e. The average Bonchev–Trinajstić information content (AvgIpc) is 3.50. The van der Waals surface area contributed by atoms with Gasteiger partial charge in [-0.25, -0.2) is 19.2 Å². The van der Waals surface area contributed by atoms with Crippen LogP contribution in [0.5, 0.6) is 5.75 Å². The Bertz CT molecular complexity index is 1210. The zero-order chi connectivity index (χ0) is 23.2. The highest BCUT2D eigenvalue weighted by atomic mass is 32.1. The molecule has 4 rings (SSSR count). The second-order valence-electron chi connectivity index (χ2n) is 7.61. The summed E-state index contributed by atoms with van der Waals surface area (Å²) in [6.45, 7) is 0. The Labute approximate surface area is 195 Å². The first-order chi connectivity index (χ1) is 16.0. The maximum atomic E-state index is 13.2. The third kappa shape index (κ3) is 5.64. The first-order valence-electron chi connectivity index (χ1n) is 10.5. The highest BCUT2D eigenvalue weighted by Crippen LogP contribution is 2.29. The summed E-state index contributed by atoms with van der Waals surface area (Å²) in [6.07, 6.45) is 6.86. The van der Waals surface area contributed by atoms with Crippen LogP contribution < -0.4 is 4.74 Å². The van der Waals surface area contributed by atoms with E-state index in [0.29, 0.717) is 30.6 Å². The molecule has 170 valence electrons. The van der Waals surface area contributed by atoms with Gasteiger partial charge in [0.2, 0.25) is 0 Å². The lowest BCUT2D eigenvalue weighted by atomic mass is 9.99. The van der Waals surface area contributed by atoms with Crippen molar-refractivity contribution in [1.29, 1.82) is 0 Å². The number of carbonyl (C=O) groups is 1. The van der Waals surface area contributed by atoms with Gasteiger partial charge in [0.25, 0.3) is 0 Å². The van der Waals surface area contributed by atoms with E-state index < -0.39 is 5.97 Å². The molecule has 6 nitrogen and oxygen atoms in total. The van der Waals surface area contributed by atoms with Crippen molar-refractivity contribution >= 4 is 17.3 Å². The van der Waals surface area contributed by atoms with Crippen molar-refractivity contribution in [3.63, 3.8) is 0 Å². The second kappa shape index (κ2) is 10.4. The minimum absolute atomic E-state index is 0.267. The van der Waals surface area contributed by atoms with E-state index >= 15 is 0 Å². The molecule has 8 heteroatoms. The Morgan fingerprint density at radius 1 is 1.18 bits per heavy atom. The fraction of sp³-hybridized carbons (Fsp3) is 0.240. The van der Waals surface area contributed by atoms with Crippen molar-refractivity contribution in [2.75, 3.05) is 7.11 Å². The van der Waals surface area contributed by atoms with Gasteiger partial charge in [0, 0.05) is 36.9 Å². The lowest BCUT2D eigenvalue weighted by Crippen LogP contribution is -2.14. The summed E-state index contributed by atoms with van der Waals surface area (Å²) in [5.41, 5.74) is 3.30. The van der Waals surface area contributed by atoms with Gasteiger partial charge >= 0.3 is 5.97 Å². The van der Waals surface area contributed by atoms with Crippen molar-refractivity contribution in [2.45, 2.75) is 25.4 Å². The van der Waals surface area contributed by atoms with Crippen molar-refractivity contribution in [2.24, 2.45) is 7.05 Å². The zero-order valence-corrected chi connectivity index (χ0v) is 19.2.